The average molecular weight is 469 g/mol. The fraction of sp³-hybridized carbons (Fsp3) is 0.889. The zero-order valence-corrected chi connectivity index (χ0v) is 19.7. The van der Waals surface area contributed by atoms with Gasteiger partial charge in [-0.3, -0.25) is 4.79 Å². The van der Waals surface area contributed by atoms with Crippen molar-refractivity contribution in [1.82, 2.24) is 20.9 Å². The fourth-order valence-corrected chi connectivity index (χ4v) is 2.76. The van der Waals surface area contributed by atoms with Crippen LogP contribution >= 0.6 is 24.0 Å². The van der Waals surface area contributed by atoms with Crippen molar-refractivity contribution in [3.63, 3.8) is 0 Å². The molecule has 0 rings (SSSR count). The number of hydrogen-bond donors (Lipinski definition) is 3. The Morgan fingerprint density at radius 1 is 1.08 bits per heavy atom. The summed E-state index contributed by atoms with van der Waals surface area (Å²) >= 11 is 0. The summed E-state index contributed by atoms with van der Waals surface area (Å²) in [4.78, 5) is 18.6. The molecule has 0 fully saturated rings. The highest BCUT2D eigenvalue weighted by molar-refractivity contribution is 14.0. The number of hydrogen-bond acceptors (Lipinski definition) is 3. The number of amides is 1. The fourth-order valence-electron chi connectivity index (χ4n) is 2.76. The van der Waals surface area contributed by atoms with Gasteiger partial charge in [0.15, 0.2) is 5.96 Å². The van der Waals surface area contributed by atoms with Crippen molar-refractivity contribution in [3.05, 3.63) is 0 Å². The van der Waals surface area contributed by atoms with Gasteiger partial charge in [-0.25, -0.2) is 4.99 Å². The molecule has 1 amide bonds. The number of guanidine groups is 1. The van der Waals surface area contributed by atoms with Gasteiger partial charge in [0.25, 0.3) is 0 Å². The van der Waals surface area contributed by atoms with E-state index in [1.165, 1.54) is 0 Å². The van der Waals surface area contributed by atoms with E-state index in [1.54, 1.807) is 0 Å². The molecule has 0 aliphatic carbocycles. The second-order valence-electron chi connectivity index (χ2n) is 7.48. The minimum atomic E-state index is -0.232. The van der Waals surface area contributed by atoms with E-state index < -0.39 is 0 Å². The Morgan fingerprint density at radius 2 is 1.64 bits per heavy atom. The van der Waals surface area contributed by atoms with Crippen molar-refractivity contribution in [2.45, 2.75) is 66.0 Å². The minimum Gasteiger partial charge on any atom is -0.357 e. The first kappa shape index (κ1) is 26.7. The van der Waals surface area contributed by atoms with Crippen LogP contribution in [0.3, 0.4) is 0 Å². The molecule has 0 aliphatic rings. The van der Waals surface area contributed by atoms with Crippen molar-refractivity contribution in [2.24, 2.45) is 10.9 Å². The molecule has 0 heterocycles. The summed E-state index contributed by atoms with van der Waals surface area (Å²) < 4.78 is 0. The van der Waals surface area contributed by atoms with Crippen LogP contribution < -0.4 is 16.0 Å². The molecule has 3 N–H and O–H groups in total. The molecule has 0 saturated heterocycles. The Labute approximate surface area is 172 Å². The lowest BCUT2D eigenvalue weighted by atomic mass is 9.93. The number of nitrogens with one attached hydrogen (secondary N) is 3. The number of carbonyl (C=O) groups excluding carboxylic acids is 1. The lowest BCUT2D eigenvalue weighted by Gasteiger charge is -2.32. The molecule has 0 radical (unpaired) electrons. The van der Waals surface area contributed by atoms with Crippen LogP contribution in [-0.2, 0) is 4.79 Å². The first-order valence-electron chi connectivity index (χ1n) is 9.14. The zero-order valence-electron chi connectivity index (χ0n) is 17.4. The van der Waals surface area contributed by atoms with Crippen LogP contribution in [0.5, 0.6) is 0 Å². The number of aliphatic imine (C=N–C) groups is 1. The molecule has 0 aromatic carbocycles. The summed E-state index contributed by atoms with van der Waals surface area (Å²) in [6, 6.07) is 0.437. The summed E-state index contributed by atoms with van der Waals surface area (Å²) in [5.74, 6) is 1.27. The number of halogens is 1. The van der Waals surface area contributed by atoms with E-state index >= 15 is 0 Å². The standard InChI is InChI=1S/C18H39N5O.HI/c1-9-14(10-2)15(23(7)8)12-20-17(19-11-3)21-13-16(24)22-18(4,5)6;/h14-15H,9-13H2,1-8H3,(H,22,24)(H2,19,20,21);1H. The Bertz CT molecular complexity index is 389. The predicted molar refractivity (Wildman–Crippen MR) is 119 cm³/mol. The largest absolute Gasteiger partial charge is 0.357 e. The maximum atomic E-state index is 11.9. The Hall–Kier alpha value is -0.570. The van der Waals surface area contributed by atoms with Gasteiger partial charge >= 0.3 is 0 Å². The highest BCUT2D eigenvalue weighted by atomic mass is 127. The monoisotopic (exact) mass is 469 g/mol. The Morgan fingerprint density at radius 3 is 2.04 bits per heavy atom. The third-order valence-corrected chi connectivity index (χ3v) is 3.97. The summed E-state index contributed by atoms with van der Waals surface area (Å²) in [5.41, 5.74) is -0.232. The zero-order chi connectivity index (χ0) is 18.8. The van der Waals surface area contributed by atoms with Gasteiger partial charge < -0.3 is 20.9 Å². The van der Waals surface area contributed by atoms with Crippen molar-refractivity contribution in [1.29, 1.82) is 0 Å². The van der Waals surface area contributed by atoms with Gasteiger partial charge in [-0.2, -0.15) is 0 Å². The van der Waals surface area contributed by atoms with Gasteiger partial charge in [0.05, 0.1) is 0 Å². The maximum Gasteiger partial charge on any atom is 0.242 e. The van der Waals surface area contributed by atoms with Crippen molar-refractivity contribution in [2.75, 3.05) is 33.7 Å². The lowest BCUT2D eigenvalue weighted by Crippen LogP contribution is -2.48. The van der Waals surface area contributed by atoms with Gasteiger partial charge in [0.2, 0.25) is 5.91 Å². The Kier molecular flexibility index (Phi) is 14.5. The average Bonchev–Trinajstić information content (AvgIpc) is 2.46. The molecule has 0 aromatic heterocycles. The molecule has 7 heteroatoms. The highest BCUT2D eigenvalue weighted by Crippen LogP contribution is 2.16. The molecule has 0 spiro atoms. The normalized spacial score (nSPS) is 13.4. The van der Waals surface area contributed by atoms with E-state index in [9.17, 15) is 4.79 Å². The van der Waals surface area contributed by atoms with Crippen LogP contribution in [0, 0.1) is 5.92 Å². The van der Waals surface area contributed by atoms with E-state index in [0.29, 0.717) is 17.9 Å². The molecular formula is C18H40IN5O. The van der Waals surface area contributed by atoms with Crippen LogP contribution in [0.1, 0.15) is 54.4 Å². The van der Waals surface area contributed by atoms with Gasteiger partial charge in [0.1, 0.15) is 6.54 Å². The van der Waals surface area contributed by atoms with E-state index in [2.05, 4.69) is 53.8 Å². The van der Waals surface area contributed by atoms with Gasteiger partial charge in [-0.1, -0.05) is 26.7 Å². The van der Waals surface area contributed by atoms with E-state index in [4.69, 9.17) is 0 Å². The number of carbonyl (C=O) groups is 1. The summed E-state index contributed by atoms with van der Waals surface area (Å²) in [7, 11) is 4.23. The maximum absolute atomic E-state index is 11.9. The molecule has 0 aromatic rings. The summed E-state index contributed by atoms with van der Waals surface area (Å²) in [6.07, 6.45) is 2.31. The number of likely N-dealkylation sites (N-methyl/N-ethyl adjacent to an activating group) is 1. The highest BCUT2D eigenvalue weighted by Gasteiger charge is 2.21. The van der Waals surface area contributed by atoms with E-state index in [0.717, 1.165) is 25.9 Å². The van der Waals surface area contributed by atoms with Gasteiger partial charge in [0, 0.05) is 24.7 Å². The third-order valence-electron chi connectivity index (χ3n) is 3.97. The molecule has 0 saturated carbocycles. The van der Waals surface area contributed by atoms with Gasteiger partial charge in [-0.15, -0.1) is 24.0 Å². The smallest absolute Gasteiger partial charge is 0.242 e. The number of rotatable bonds is 9. The minimum absolute atomic E-state index is 0. The molecule has 150 valence electrons. The quantitative estimate of drug-likeness (QED) is 0.276. The molecule has 6 nitrogen and oxygen atoms in total. The summed E-state index contributed by atoms with van der Waals surface area (Å²) in [5, 5.41) is 9.52. The molecule has 0 aliphatic heterocycles. The van der Waals surface area contributed by atoms with Gasteiger partial charge in [-0.05, 0) is 47.7 Å². The molecule has 25 heavy (non-hydrogen) atoms. The second kappa shape index (κ2) is 13.6. The molecule has 1 unspecified atom stereocenters. The Balaban J connectivity index is 0. The first-order valence-corrected chi connectivity index (χ1v) is 9.14. The van der Waals surface area contributed by atoms with E-state index in [1.807, 2.05) is 27.7 Å². The lowest BCUT2D eigenvalue weighted by molar-refractivity contribution is -0.121. The van der Waals surface area contributed by atoms with Crippen molar-refractivity contribution < 1.29 is 4.79 Å². The van der Waals surface area contributed by atoms with Crippen molar-refractivity contribution in [3.8, 4) is 0 Å². The third kappa shape index (κ3) is 12.4. The predicted octanol–water partition coefficient (Wildman–Crippen LogP) is 2.44. The molecular weight excluding hydrogens is 429 g/mol. The topological polar surface area (TPSA) is 68.8 Å². The van der Waals surface area contributed by atoms with Crippen LogP contribution in [-0.4, -0.2) is 62.1 Å². The van der Waals surface area contributed by atoms with Crippen LogP contribution in [0.4, 0.5) is 0 Å². The van der Waals surface area contributed by atoms with E-state index in [-0.39, 0.29) is 42.0 Å². The van der Waals surface area contributed by atoms with Crippen LogP contribution in [0.2, 0.25) is 0 Å². The number of nitrogens with zero attached hydrogens (tertiary/aromatic N) is 2. The molecule has 0 bridgehead atoms. The van der Waals surface area contributed by atoms with Crippen LogP contribution in [0.15, 0.2) is 4.99 Å². The van der Waals surface area contributed by atoms with Crippen molar-refractivity contribution >= 4 is 35.8 Å². The SMILES string of the molecule is CCNC(=NCC(=O)NC(C)(C)C)NCC(C(CC)CC)N(C)C.I. The summed E-state index contributed by atoms with van der Waals surface area (Å²) in [6.45, 7) is 14.1. The van der Waals surface area contributed by atoms with Crippen LogP contribution in [0.25, 0.3) is 0 Å². The molecule has 1 atom stereocenters. The first-order chi connectivity index (χ1) is 11.1. The second-order valence-corrected chi connectivity index (χ2v) is 7.48.